The van der Waals surface area contributed by atoms with Gasteiger partial charge in [0.2, 0.25) is 0 Å². The lowest BCUT2D eigenvalue weighted by Crippen LogP contribution is -2.45. The molecule has 1 aromatic rings. The zero-order valence-electron chi connectivity index (χ0n) is 11.2. The van der Waals surface area contributed by atoms with Crippen LogP contribution >= 0.6 is 11.6 Å². The highest BCUT2D eigenvalue weighted by molar-refractivity contribution is 6.31. The maximum absolute atomic E-state index is 12.3. The quantitative estimate of drug-likeness (QED) is 0.780. The Morgan fingerprint density at radius 3 is 2.95 bits per heavy atom. The third-order valence-electron chi connectivity index (χ3n) is 3.00. The van der Waals surface area contributed by atoms with E-state index in [2.05, 4.69) is 0 Å². The van der Waals surface area contributed by atoms with E-state index in [4.69, 9.17) is 21.1 Å². The van der Waals surface area contributed by atoms with Crippen molar-refractivity contribution in [3.05, 3.63) is 29.3 Å². The average Bonchev–Trinajstić information content (AvgIpc) is 2.83. The van der Waals surface area contributed by atoms with E-state index in [1.54, 1.807) is 31.2 Å². The Bertz CT molecular complexity index is 506. The summed E-state index contributed by atoms with van der Waals surface area (Å²) in [5.41, 5.74) is 0.575. The van der Waals surface area contributed by atoms with E-state index in [1.807, 2.05) is 0 Å². The molecule has 1 heterocycles. The van der Waals surface area contributed by atoms with Crippen molar-refractivity contribution in [2.45, 2.75) is 19.4 Å². The molecule has 0 spiro atoms. The molecule has 1 amide bonds. The van der Waals surface area contributed by atoms with Crippen molar-refractivity contribution in [1.29, 1.82) is 0 Å². The molecule has 20 heavy (non-hydrogen) atoms. The molecule has 0 aromatic heterocycles. The summed E-state index contributed by atoms with van der Waals surface area (Å²) in [5.74, 6) is -0.673. The van der Waals surface area contributed by atoms with Crippen molar-refractivity contribution in [3.8, 4) is 0 Å². The van der Waals surface area contributed by atoms with Crippen molar-refractivity contribution >= 4 is 29.2 Å². The van der Waals surface area contributed by atoms with E-state index >= 15 is 0 Å². The van der Waals surface area contributed by atoms with Crippen molar-refractivity contribution in [2.24, 2.45) is 0 Å². The molecule has 6 heteroatoms. The highest BCUT2D eigenvalue weighted by Gasteiger charge is 2.36. The summed E-state index contributed by atoms with van der Waals surface area (Å²) in [5, 5.41) is 0.503. The molecule has 5 nitrogen and oxygen atoms in total. The molecule has 0 radical (unpaired) electrons. The number of amides is 1. The molecule has 108 valence electrons. The molecular formula is C14H16ClNO4. The van der Waals surface area contributed by atoms with Gasteiger partial charge < -0.3 is 9.47 Å². The molecular weight excluding hydrogens is 282 g/mol. The van der Waals surface area contributed by atoms with Crippen LogP contribution in [0, 0.1) is 0 Å². The summed E-state index contributed by atoms with van der Waals surface area (Å²) in [4.78, 5) is 25.5. The van der Waals surface area contributed by atoms with Crippen LogP contribution in [0.3, 0.4) is 0 Å². The van der Waals surface area contributed by atoms with E-state index in [-0.39, 0.29) is 12.5 Å². The van der Waals surface area contributed by atoms with Crippen LogP contribution in [-0.4, -0.2) is 37.7 Å². The van der Waals surface area contributed by atoms with Gasteiger partial charge in [0, 0.05) is 23.7 Å². The zero-order chi connectivity index (χ0) is 14.5. The third-order valence-corrected chi connectivity index (χ3v) is 3.24. The largest absolute Gasteiger partial charge is 0.464 e. The summed E-state index contributed by atoms with van der Waals surface area (Å²) in [6.45, 7) is 2.49. The molecule has 1 aliphatic rings. The second kappa shape index (κ2) is 6.72. The van der Waals surface area contributed by atoms with Crippen molar-refractivity contribution in [1.82, 2.24) is 0 Å². The van der Waals surface area contributed by atoms with Gasteiger partial charge in [-0.1, -0.05) is 17.7 Å². The van der Waals surface area contributed by atoms with Crippen LogP contribution in [0.4, 0.5) is 5.69 Å². The Morgan fingerprint density at radius 2 is 2.35 bits per heavy atom. The summed E-state index contributed by atoms with van der Waals surface area (Å²) < 4.78 is 10.1. The molecule has 0 bridgehead atoms. The van der Waals surface area contributed by atoms with E-state index in [1.165, 1.54) is 4.90 Å². The smallest absolute Gasteiger partial charge is 0.329 e. The van der Waals surface area contributed by atoms with Crippen LogP contribution in [0.5, 0.6) is 0 Å². The predicted octanol–water partition coefficient (Wildman–Crippen LogP) is 2.03. The number of rotatable bonds is 5. The fraction of sp³-hybridized carbons (Fsp3) is 0.429. The molecule has 1 saturated heterocycles. The van der Waals surface area contributed by atoms with Crippen LogP contribution in [0.2, 0.25) is 5.02 Å². The SMILES string of the molecule is CCOCC(=O)N(c1cccc(Cl)c1)C1CCOC1=O. The molecule has 1 aromatic carbocycles. The van der Waals surface area contributed by atoms with Crippen molar-refractivity contribution < 1.29 is 19.1 Å². The van der Waals surface area contributed by atoms with Gasteiger partial charge in [-0.05, 0) is 25.1 Å². The molecule has 1 fully saturated rings. The number of ether oxygens (including phenoxy) is 2. The number of cyclic esters (lactones) is 1. The maximum Gasteiger partial charge on any atom is 0.329 e. The molecule has 0 aliphatic carbocycles. The topological polar surface area (TPSA) is 55.8 Å². The monoisotopic (exact) mass is 297 g/mol. The second-order valence-electron chi connectivity index (χ2n) is 4.35. The lowest BCUT2D eigenvalue weighted by atomic mass is 10.1. The standard InChI is InChI=1S/C14H16ClNO4/c1-2-19-9-13(17)16(12-6-7-20-14(12)18)11-5-3-4-10(15)8-11/h3-5,8,12H,2,6-7,9H2,1H3. The van der Waals surface area contributed by atoms with Gasteiger partial charge in [-0.3, -0.25) is 9.69 Å². The van der Waals surface area contributed by atoms with Gasteiger partial charge in [-0.25, -0.2) is 4.79 Å². The fourth-order valence-electron chi connectivity index (χ4n) is 2.10. The molecule has 1 unspecified atom stereocenters. The van der Waals surface area contributed by atoms with Crippen LogP contribution in [-0.2, 0) is 19.1 Å². The first-order chi connectivity index (χ1) is 9.63. The van der Waals surface area contributed by atoms with Crippen molar-refractivity contribution in [3.63, 3.8) is 0 Å². The lowest BCUT2D eigenvalue weighted by molar-refractivity contribution is -0.140. The minimum absolute atomic E-state index is 0.0766. The van der Waals surface area contributed by atoms with E-state index in [9.17, 15) is 9.59 Å². The van der Waals surface area contributed by atoms with Crippen LogP contribution < -0.4 is 4.90 Å². The number of hydrogen-bond donors (Lipinski definition) is 0. The first-order valence-corrected chi connectivity index (χ1v) is 6.83. The number of benzene rings is 1. The third kappa shape index (κ3) is 3.29. The Kier molecular flexibility index (Phi) is 4.98. The number of nitrogens with zero attached hydrogens (tertiary/aromatic N) is 1. The number of hydrogen-bond acceptors (Lipinski definition) is 4. The molecule has 1 atom stereocenters. The zero-order valence-corrected chi connectivity index (χ0v) is 11.9. The Balaban J connectivity index is 2.28. The number of carbonyl (C=O) groups is 2. The summed E-state index contributed by atoms with van der Waals surface area (Å²) >= 11 is 5.96. The van der Waals surface area contributed by atoms with Gasteiger partial charge in [0.15, 0.2) is 0 Å². The van der Waals surface area contributed by atoms with Gasteiger partial charge >= 0.3 is 5.97 Å². The molecule has 0 N–H and O–H groups in total. The van der Waals surface area contributed by atoms with Crippen LogP contribution in [0.1, 0.15) is 13.3 Å². The highest BCUT2D eigenvalue weighted by Crippen LogP contribution is 2.25. The first-order valence-electron chi connectivity index (χ1n) is 6.45. The first kappa shape index (κ1) is 14.8. The van der Waals surface area contributed by atoms with E-state index < -0.39 is 12.0 Å². The minimum atomic E-state index is -0.610. The van der Waals surface area contributed by atoms with E-state index in [0.717, 1.165) is 0 Å². The molecule has 0 saturated carbocycles. The Hall–Kier alpha value is -1.59. The van der Waals surface area contributed by atoms with Gasteiger partial charge in [-0.2, -0.15) is 0 Å². The van der Waals surface area contributed by atoms with Gasteiger partial charge in [-0.15, -0.1) is 0 Å². The van der Waals surface area contributed by atoms with E-state index in [0.29, 0.717) is 30.3 Å². The Labute approximate surface area is 122 Å². The normalized spacial score (nSPS) is 17.9. The van der Waals surface area contributed by atoms with Crippen molar-refractivity contribution in [2.75, 3.05) is 24.7 Å². The lowest BCUT2D eigenvalue weighted by Gasteiger charge is -2.26. The number of carbonyl (C=O) groups excluding carboxylic acids is 2. The van der Waals surface area contributed by atoms with Crippen LogP contribution in [0.25, 0.3) is 0 Å². The predicted molar refractivity (Wildman–Crippen MR) is 74.8 cm³/mol. The Morgan fingerprint density at radius 1 is 1.55 bits per heavy atom. The highest BCUT2D eigenvalue weighted by atomic mass is 35.5. The second-order valence-corrected chi connectivity index (χ2v) is 4.79. The maximum atomic E-state index is 12.3. The number of esters is 1. The van der Waals surface area contributed by atoms with Gasteiger partial charge in [0.05, 0.1) is 6.61 Å². The summed E-state index contributed by atoms with van der Waals surface area (Å²) in [7, 11) is 0. The minimum Gasteiger partial charge on any atom is -0.464 e. The van der Waals surface area contributed by atoms with Gasteiger partial charge in [0.1, 0.15) is 12.6 Å². The number of halogens is 1. The summed E-state index contributed by atoms with van der Waals surface area (Å²) in [6.07, 6.45) is 0.475. The summed E-state index contributed by atoms with van der Waals surface area (Å²) in [6, 6.07) is 6.22. The average molecular weight is 298 g/mol. The van der Waals surface area contributed by atoms with Gasteiger partial charge in [0.25, 0.3) is 5.91 Å². The molecule has 2 rings (SSSR count). The number of anilines is 1. The fourth-order valence-corrected chi connectivity index (χ4v) is 2.29. The van der Waals surface area contributed by atoms with Crippen LogP contribution in [0.15, 0.2) is 24.3 Å². The molecule has 1 aliphatic heterocycles.